The van der Waals surface area contributed by atoms with Crippen LogP contribution >= 0.6 is 0 Å². The minimum absolute atomic E-state index is 0.117. The molecule has 6 rings (SSSR count). The van der Waals surface area contributed by atoms with Crippen LogP contribution in [-0.4, -0.2) is 35.4 Å². The molecule has 6 nitrogen and oxygen atoms in total. The monoisotopic (exact) mass is 495 g/mol. The maximum Gasteiger partial charge on any atom is 0.308 e. The number of carbonyl (C=O) groups is 4. The summed E-state index contributed by atoms with van der Waals surface area (Å²) in [5.41, 5.74) is -0.0941. The predicted molar refractivity (Wildman–Crippen MR) is 134 cm³/mol. The highest BCUT2D eigenvalue weighted by atomic mass is 19.1. The van der Waals surface area contributed by atoms with Crippen molar-refractivity contribution in [1.82, 2.24) is 0 Å². The molecule has 0 unspecified atom stereocenters. The molecule has 37 heavy (non-hydrogen) atoms. The third-order valence-electron chi connectivity index (χ3n) is 7.70. The first-order valence-electron chi connectivity index (χ1n) is 12.0. The van der Waals surface area contributed by atoms with Crippen LogP contribution in [0.1, 0.15) is 51.6 Å². The van der Waals surface area contributed by atoms with Gasteiger partial charge in [-0.1, -0.05) is 66.7 Å². The van der Waals surface area contributed by atoms with Gasteiger partial charge in [0.05, 0.1) is 17.8 Å². The van der Waals surface area contributed by atoms with Crippen molar-refractivity contribution in [3.05, 3.63) is 101 Å². The molecule has 0 radical (unpaired) electrons. The zero-order valence-electron chi connectivity index (χ0n) is 20.1. The second-order valence-corrected chi connectivity index (χ2v) is 9.63. The third kappa shape index (κ3) is 2.97. The molecule has 7 heteroatoms. The summed E-state index contributed by atoms with van der Waals surface area (Å²) in [5, 5.41) is 0. The molecule has 1 saturated heterocycles. The second kappa shape index (κ2) is 8.06. The van der Waals surface area contributed by atoms with E-state index < -0.39 is 46.8 Å². The third-order valence-corrected chi connectivity index (χ3v) is 7.70. The Morgan fingerprint density at radius 3 is 2.16 bits per heavy atom. The first-order valence-corrected chi connectivity index (χ1v) is 12.0. The van der Waals surface area contributed by atoms with E-state index in [2.05, 4.69) is 0 Å². The summed E-state index contributed by atoms with van der Waals surface area (Å²) >= 11 is 0. The van der Waals surface area contributed by atoms with Gasteiger partial charge in [0.1, 0.15) is 11.2 Å². The van der Waals surface area contributed by atoms with Crippen LogP contribution in [0.5, 0.6) is 5.75 Å². The standard InChI is InChI=1S/C30H22FNO5/c1-16(33)26-25(21-11-5-6-12-22(21)31)30(28(35)19-9-3-4-10-20(19)29(30)36)24-15-14-18-8-7-13-23(37-17(2)34)27(18)32(24)26/h3-15,24-26H,1-2H3/t24-,25+,26+/m1/s1. The topological polar surface area (TPSA) is 80.8 Å². The van der Waals surface area contributed by atoms with Gasteiger partial charge < -0.3 is 9.64 Å². The van der Waals surface area contributed by atoms with E-state index in [1.54, 1.807) is 65.6 Å². The molecule has 0 amide bonds. The zero-order valence-corrected chi connectivity index (χ0v) is 20.1. The number of anilines is 1. The van der Waals surface area contributed by atoms with Crippen molar-refractivity contribution >= 4 is 35.1 Å². The lowest BCUT2D eigenvalue weighted by Crippen LogP contribution is -2.48. The lowest BCUT2D eigenvalue weighted by Gasteiger charge is -2.37. The summed E-state index contributed by atoms with van der Waals surface area (Å²) in [5.74, 6) is -3.32. The van der Waals surface area contributed by atoms with E-state index >= 15 is 4.39 Å². The Balaban J connectivity index is 1.70. The van der Waals surface area contributed by atoms with Crippen LogP contribution in [0, 0.1) is 11.2 Å². The molecular weight excluding hydrogens is 473 g/mol. The van der Waals surface area contributed by atoms with Crippen molar-refractivity contribution < 1.29 is 28.3 Å². The van der Waals surface area contributed by atoms with Gasteiger partial charge in [-0.2, -0.15) is 0 Å². The van der Waals surface area contributed by atoms with Crippen LogP contribution in [0.25, 0.3) is 6.08 Å². The van der Waals surface area contributed by atoms with Crippen LogP contribution in [-0.2, 0) is 9.59 Å². The first-order chi connectivity index (χ1) is 17.8. The molecule has 0 N–H and O–H groups in total. The summed E-state index contributed by atoms with van der Waals surface area (Å²) in [4.78, 5) is 55.7. The number of ether oxygens (including phenoxy) is 1. The van der Waals surface area contributed by atoms with E-state index in [-0.39, 0.29) is 28.2 Å². The fraction of sp³-hybridized carbons (Fsp3) is 0.200. The fourth-order valence-electron chi connectivity index (χ4n) is 6.44. The molecule has 0 bridgehead atoms. The summed E-state index contributed by atoms with van der Waals surface area (Å²) in [7, 11) is 0. The van der Waals surface area contributed by atoms with Gasteiger partial charge in [0.25, 0.3) is 0 Å². The van der Waals surface area contributed by atoms with E-state index in [1.165, 1.54) is 32.0 Å². The Morgan fingerprint density at radius 1 is 0.892 bits per heavy atom. The normalized spacial score (nSPS) is 22.6. The Bertz CT molecular complexity index is 1520. The highest BCUT2D eigenvalue weighted by molar-refractivity contribution is 6.32. The Kier molecular flexibility index (Phi) is 5.02. The van der Waals surface area contributed by atoms with E-state index in [4.69, 9.17) is 4.74 Å². The van der Waals surface area contributed by atoms with Crippen molar-refractivity contribution in [2.75, 3.05) is 4.90 Å². The number of Topliss-reactive ketones (excluding diaryl/α,β-unsaturated/α-hetero) is 3. The minimum atomic E-state index is -1.79. The lowest BCUT2D eigenvalue weighted by atomic mass is 9.64. The number of halogens is 1. The molecular formula is C30H22FNO5. The van der Waals surface area contributed by atoms with Crippen molar-refractivity contribution in [3.63, 3.8) is 0 Å². The highest BCUT2D eigenvalue weighted by Gasteiger charge is 2.71. The van der Waals surface area contributed by atoms with E-state index in [9.17, 15) is 19.2 Å². The smallest absolute Gasteiger partial charge is 0.308 e. The minimum Gasteiger partial charge on any atom is -0.424 e. The van der Waals surface area contributed by atoms with Gasteiger partial charge in [-0.15, -0.1) is 0 Å². The largest absolute Gasteiger partial charge is 0.424 e. The Labute approximate surface area is 212 Å². The molecule has 2 aliphatic heterocycles. The van der Waals surface area contributed by atoms with E-state index in [0.717, 1.165) is 0 Å². The molecule has 3 aromatic carbocycles. The fourth-order valence-corrected chi connectivity index (χ4v) is 6.44. The first kappa shape index (κ1) is 23.0. The van der Waals surface area contributed by atoms with Gasteiger partial charge in [0.15, 0.2) is 23.1 Å². The molecule has 1 spiro atoms. The number of rotatable bonds is 3. The predicted octanol–water partition coefficient (Wildman–Crippen LogP) is 4.77. The Hall–Kier alpha value is -4.39. The van der Waals surface area contributed by atoms with Crippen molar-refractivity contribution in [2.24, 2.45) is 5.41 Å². The van der Waals surface area contributed by atoms with Crippen molar-refractivity contribution in [2.45, 2.75) is 31.8 Å². The SMILES string of the molecule is CC(=O)Oc1cccc2c1N1[C@@H](C(C)=O)[C@H](c3ccccc3F)C3(C(=O)c4ccccc4C3=O)[C@H]1C=C2. The van der Waals surface area contributed by atoms with Crippen molar-refractivity contribution in [3.8, 4) is 5.75 Å². The van der Waals surface area contributed by atoms with Crippen LogP contribution < -0.4 is 9.64 Å². The van der Waals surface area contributed by atoms with E-state index in [0.29, 0.717) is 11.3 Å². The maximum absolute atomic E-state index is 15.5. The number of fused-ring (bicyclic) bond motifs is 5. The van der Waals surface area contributed by atoms with Gasteiger partial charge in [0.2, 0.25) is 0 Å². The van der Waals surface area contributed by atoms with Crippen LogP contribution in [0.3, 0.4) is 0 Å². The highest BCUT2D eigenvalue weighted by Crippen LogP contribution is 2.61. The molecule has 3 aromatic rings. The lowest BCUT2D eigenvalue weighted by molar-refractivity contribution is -0.131. The molecule has 0 saturated carbocycles. The number of ketones is 3. The number of nitrogens with zero attached hydrogens (tertiary/aromatic N) is 1. The van der Waals surface area contributed by atoms with Gasteiger partial charge in [0, 0.05) is 29.5 Å². The number of para-hydroxylation sites is 1. The molecule has 3 atom stereocenters. The number of carbonyl (C=O) groups excluding carboxylic acids is 4. The quantitative estimate of drug-likeness (QED) is 0.296. The summed E-state index contributed by atoms with van der Waals surface area (Å²) in [6, 6.07) is 15.6. The maximum atomic E-state index is 15.5. The molecule has 1 fully saturated rings. The summed E-state index contributed by atoms with van der Waals surface area (Å²) in [6.45, 7) is 2.64. The van der Waals surface area contributed by atoms with Gasteiger partial charge in [-0.05, 0) is 24.6 Å². The second-order valence-electron chi connectivity index (χ2n) is 9.63. The van der Waals surface area contributed by atoms with Gasteiger partial charge >= 0.3 is 5.97 Å². The van der Waals surface area contributed by atoms with Crippen LogP contribution in [0.15, 0.2) is 72.8 Å². The van der Waals surface area contributed by atoms with Gasteiger partial charge in [-0.25, -0.2) is 4.39 Å². The van der Waals surface area contributed by atoms with Crippen molar-refractivity contribution in [1.29, 1.82) is 0 Å². The number of esters is 1. The average molecular weight is 496 g/mol. The Morgan fingerprint density at radius 2 is 1.54 bits per heavy atom. The molecule has 1 aliphatic carbocycles. The summed E-state index contributed by atoms with van der Waals surface area (Å²) in [6.07, 6.45) is 3.49. The summed E-state index contributed by atoms with van der Waals surface area (Å²) < 4.78 is 21.0. The number of hydrogen-bond donors (Lipinski definition) is 0. The molecule has 2 heterocycles. The molecule has 3 aliphatic rings. The number of hydrogen-bond acceptors (Lipinski definition) is 6. The zero-order chi connectivity index (χ0) is 26.1. The number of benzene rings is 3. The van der Waals surface area contributed by atoms with E-state index in [1.807, 2.05) is 0 Å². The van der Waals surface area contributed by atoms with Crippen LogP contribution in [0.4, 0.5) is 10.1 Å². The average Bonchev–Trinajstić information content (AvgIpc) is 3.30. The van der Waals surface area contributed by atoms with Gasteiger partial charge in [-0.3, -0.25) is 19.2 Å². The van der Waals surface area contributed by atoms with Crippen LogP contribution in [0.2, 0.25) is 0 Å². The molecule has 184 valence electrons. The molecule has 0 aromatic heterocycles.